The van der Waals surface area contributed by atoms with Gasteiger partial charge in [0.05, 0.1) is 4.90 Å². The van der Waals surface area contributed by atoms with Crippen molar-refractivity contribution >= 4 is 26.9 Å². The van der Waals surface area contributed by atoms with E-state index in [-0.39, 0.29) is 17.9 Å². The van der Waals surface area contributed by atoms with Crippen molar-refractivity contribution in [3.63, 3.8) is 0 Å². The van der Waals surface area contributed by atoms with E-state index < -0.39 is 22.0 Å². The van der Waals surface area contributed by atoms with E-state index in [1.165, 1.54) is 24.3 Å². The van der Waals surface area contributed by atoms with E-state index in [0.29, 0.717) is 5.75 Å². The van der Waals surface area contributed by atoms with Crippen LogP contribution in [0.25, 0.3) is 10.9 Å². The molecule has 2 aromatic carbocycles. The minimum atomic E-state index is -4.05. The van der Waals surface area contributed by atoms with E-state index in [0.717, 1.165) is 35.9 Å². The summed E-state index contributed by atoms with van der Waals surface area (Å²) in [5.74, 6) is 4.71. The molecule has 0 spiro atoms. The molecule has 0 fully saturated rings. The number of hydrogen-bond donors (Lipinski definition) is 2. The zero-order valence-electron chi connectivity index (χ0n) is 18.7. The van der Waals surface area contributed by atoms with Gasteiger partial charge in [-0.2, -0.15) is 4.72 Å². The van der Waals surface area contributed by atoms with Gasteiger partial charge in [-0.15, -0.1) is 5.92 Å². The SMILES string of the molecule is CC#CCOc1ccc(S(=O)(=O)N[C@@H](Cc2cn(CCCC)c3ccccc23)C(=O)O)cc1. The first kappa shape index (κ1) is 24.4. The first-order chi connectivity index (χ1) is 15.9. The van der Waals surface area contributed by atoms with Crippen LogP contribution in [0.15, 0.2) is 59.6 Å². The summed E-state index contributed by atoms with van der Waals surface area (Å²) >= 11 is 0. The molecule has 0 amide bonds. The summed E-state index contributed by atoms with van der Waals surface area (Å²) in [5, 5.41) is 10.7. The van der Waals surface area contributed by atoms with Crippen molar-refractivity contribution in [3.8, 4) is 17.6 Å². The van der Waals surface area contributed by atoms with E-state index in [4.69, 9.17) is 4.74 Å². The molecule has 0 saturated heterocycles. The average Bonchev–Trinajstić information content (AvgIpc) is 3.15. The number of aliphatic carboxylic acids is 1. The largest absolute Gasteiger partial charge is 0.481 e. The van der Waals surface area contributed by atoms with Crippen molar-refractivity contribution in [1.82, 2.24) is 9.29 Å². The van der Waals surface area contributed by atoms with Gasteiger partial charge in [-0.25, -0.2) is 8.42 Å². The van der Waals surface area contributed by atoms with Crippen molar-refractivity contribution < 1.29 is 23.1 Å². The number of aryl methyl sites for hydroxylation is 1. The van der Waals surface area contributed by atoms with Crippen LogP contribution >= 0.6 is 0 Å². The van der Waals surface area contributed by atoms with Crippen LogP contribution in [0.4, 0.5) is 0 Å². The minimum absolute atomic E-state index is 0.0328. The van der Waals surface area contributed by atoms with Crippen LogP contribution in [0.2, 0.25) is 0 Å². The van der Waals surface area contributed by atoms with Crippen molar-refractivity contribution in [2.24, 2.45) is 0 Å². The lowest BCUT2D eigenvalue weighted by Gasteiger charge is -2.15. The Hall–Kier alpha value is -3.28. The number of hydrogen-bond acceptors (Lipinski definition) is 4. The number of carboxylic acid groups (broad SMARTS) is 1. The summed E-state index contributed by atoms with van der Waals surface area (Å²) in [4.78, 5) is 11.9. The fourth-order valence-electron chi connectivity index (χ4n) is 3.56. The van der Waals surface area contributed by atoms with E-state index >= 15 is 0 Å². The molecule has 0 aliphatic rings. The molecule has 8 heteroatoms. The Kier molecular flexibility index (Phi) is 8.15. The second kappa shape index (κ2) is 11.0. The van der Waals surface area contributed by atoms with Crippen molar-refractivity contribution in [2.75, 3.05) is 6.61 Å². The normalized spacial score (nSPS) is 12.2. The number of sulfonamides is 1. The molecule has 1 aromatic heterocycles. The number of carboxylic acids is 1. The van der Waals surface area contributed by atoms with Crippen molar-refractivity contribution in [1.29, 1.82) is 0 Å². The number of fused-ring (bicyclic) bond motifs is 1. The number of carbonyl (C=O) groups is 1. The Bertz CT molecular complexity index is 1270. The van der Waals surface area contributed by atoms with Crippen LogP contribution in [0, 0.1) is 11.8 Å². The fourth-order valence-corrected chi connectivity index (χ4v) is 4.75. The van der Waals surface area contributed by atoms with Crippen molar-refractivity contribution in [2.45, 2.75) is 50.6 Å². The standard InChI is InChI=1S/C25H28N2O5S/c1-3-5-15-27-18-19(22-9-7-8-10-24(22)27)17-23(25(28)29)26-33(30,31)21-13-11-20(12-14-21)32-16-6-4-2/h7-14,18,23,26H,3,5,15-17H2,1-2H3,(H,28,29)/t23-/m0/s1. The Morgan fingerprint density at radius 2 is 1.91 bits per heavy atom. The summed E-state index contributed by atoms with van der Waals surface area (Å²) < 4.78 is 35.6. The number of nitrogens with zero attached hydrogens (tertiary/aromatic N) is 1. The third-order valence-corrected chi connectivity index (χ3v) is 6.75. The maximum atomic E-state index is 12.9. The van der Waals surface area contributed by atoms with Gasteiger partial charge >= 0.3 is 5.97 Å². The van der Waals surface area contributed by atoms with Crippen LogP contribution in [0.1, 0.15) is 32.3 Å². The molecule has 7 nitrogen and oxygen atoms in total. The molecule has 0 saturated carbocycles. The smallest absolute Gasteiger partial charge is 0.322 e. The molecule has 0 unspecified atom stereocenters. The molecule has 33 heavy (non-hydrogen) atoms. The van der Waals surface area contributed by atoms with Crippen molar-refractivity contribution in [3.05, 3.63) is 60.3 Å². The van der Waals surface area contributed by atoms with Gasteiger partial charge in [0.1, 0.15) is 18.4 Å². The Morgan fingerprint density at radius 1 is 1.18 bits per heavy atom. The van der Waals surface area contributed by atoms with Gasteiger partial charge in [0.25, 0.3) is 0 Å². The van der Waals surface area contributed by atoms with E-state index in [2.05, 4.69) is 28.1 Å². The summed E-state index contributed by atoms with van der Waals surface area (Å²) in [6, 6.07) is 12.2. The lowest BCUT2D eigenvalue weighted by atomic mass is 10.1. The highest BCUT2D eigenvalue weighted by Crippen LogP contribution is 2.24. The highest BCUT2D eigenvalue weighted by molar-refractivity contribution is 7.89. The quantitative estimate of drug-likeness (QED) is 0.417. The summed E-state index contributed by atoms with van der Waals surface area (Å²) in [7, 11) is -4.05. The van der Waals surface area contributed by atoms with Gasteiger partial charge in [0, 0.05) is 30.1 Å². The minimum Gasteiger partial charge on any atom is -0.481 e. The zero-order valence-corrected chi connectivity index (χ0v) is 19.6. The molecule has 1 atom stereocenters. The number of nitrogens with one attached hydrogen (secondary N) is 1. The molecule has 3 rings (SSSR count). The zero-order chi connectivity index (χ0) is 23.8. The topological polar surface area (TPSA) is 97.6 Å². The monoisotopic (exact) mass is 468 g/mol. The maximum Gasteiger partial charge on any atom is 0.322 e. The van der Waals surface area contributed by atoms with Crippen LogP contribution in [0.5, 0.6) is 5.75 Å². The molecule has 174 valence electrons. The summed E-state index contributed by atoms with van der Waals surface area (Å²) in [6.45, 7) is 4.83. The second-order valence-corrected chi connectivity index (χ2v) is 9.34. The molecule has 3 aromatic rings. The van der Waals surface area contributed by atoms with Gasteiger partial charge < -0.3 is 14.4 Å². The Labute approximate surface area is 194 Å². The lowest BCUT2D eigenvalue weighted by Crippen LogP contribution is -2.42. The highest BCUT2D eigenvalue weighted by atomic mass is 32.2. The number of benzene rings is 2. The molecule has 0 radical (unpaired) electrons. The first-order valence-electron chi connectivity index (χ1n) is 10.8. The van der Waals surface area contributed by atoms with Gasteiger partial charge in [-0.1, -0.05) is 37.5 Å². The summed E-state index contributed by atoms with van der Waals surface area (Å²) in [6.07, 6.45) is 3.99. The van der Waals surface area contributed by atoms with Gasteiger partial charge in [0.2, 0.25) is 10.0 Å². The van der Waals surface area contributed by atoms with Crippen LogP contribution in [0.3, 0.4) is 0 Å². The van der Waals surface area contributed by atoms with E-state index in [1.54, 1.807) is 6.92 Å². The lowest BCUT2D eigenvalue weighted by molar-refractivity contribution is -0.138. The van der Waals surface area contributed by atoms with Gasteiger partial charge in [-0.05, 0) is 49.2 Å². The predicted molar refractivity (Wildman–Crippen MR) is 128 cm³/mol. The van der Waals surface area contributed by atoms with E-state index in [9.17, 15) is 18.3 Å². The highest BCUT2D eigenvalue weighted by Gasteiger charge is 2.27. The number of ether oxygens (including phenoxy) is 1. The third kappa shape index (κ3) is 6.15. The fraction of sp³-hybridized carbons (Fsp3) is 0.320. The average molecular weight is 469 g/mol. The second-order valence-electron chi connectivity index (χ2n) is 7.62. The molecule has 2 N–H and O–H groups in total. The predicted octanol–water partition coefficient (Wildman–Crippen LogP) is 3.82. The Morgan fingerprint density at radius 3 is 2.58 bits per heavy atom. The number of rotatable bonds is 11. The summed E-state index contributed by atoms with van der Waals surface area (Å²) in [5.41, 5.74) is 1.80. The molecule has 0 aliphatic heterocycles. The number of para-hydroxylation sites is 1. The third-order valence-electron chi connectivity index (χ3n) is 5.27. The molecule has 1 heterocycles. The molecule has 0 bridgehead atoms. The van der Waals surface area contributed by atoms with Crippen LogP contribution < -0.4 is 9.46 Å². The molecular formula is C25H28N2O5S. The number of aromatic nitrogens is 1. The van der Waals surface area contributed by atoms with Gasteiger partial charge in [0.15, 0.2) is 0 Å². The molecular weight excluding hydrogens is 440 g/mol. The first-order valence-corrected chi connectivity index (χ1v) is 12.3. The van der Waals surface area contributed by atoms with E-state index in [1.807, 2.05) is 30.5 Å². The molecule has 0 aliphatic carbocycles. The Balaban J connectivity index is 1.81. The van der Waals surface area contributed by atoms with Gasteiger partial charge in [-0.3, -0.25) is 4.79 Å². The van der Waals surface area contributed by atoms with Crippen LogP contribution in [-0.4, -0.2) is 36.7 Å². The maximum absolute atomic E-state index is 12.9. The number of unbranched alkanes of at least 4 members (excludes halogenated alkanes) is 1. The van der Waals surface area contributed by atoms with Crippen LogP contribution in [-0.2, 0) is 27.8 Å².